The van der Waals surface area contributed by atoms with Crippen LogP contribution in [-0.2, 0) is 0 Å². The van der Waals surface area contributed by atoms with E-state index < -0.39 is 0 Å². The molecule has 0 bridgehead atoms. The average Bonchev–Trinajstić information content (AvgIpc) is 1.93. The van der Waals surface area contributed by atoms with Gasteiger partial charge < -0.3 is 4.74 Å². The molecule has 0 aliphatic heterocycles. The highest BCUT2D eigenvalue weighted by molar-refractivity contribution is 14.1. The molecule has 3 heteroatoms. The lowest BCUT2D eigenvalue weighted by Gasteiger charge is -2.01. The maximum absolute atomic E-state index is 10.5. The average molecular weight is 262 g/mol. The van der Waals surface area contributed by atoms with Crippen LogP contribution in [0.25, 0.3) is 0 Å². The normalized spacial score (nSPS) is 9.27. The van der Waals surface area contributed by atoms with Crippen molar-refractivity contribution in [1.29, 1.82) is 0 Å². The summed E-state index contributed by atoms with van der Waals surface area (Å²) in [5, 5.41) is 0. The van der Waals surface area contributed by atoms with Crippen LogP contribution in [0.2, 0.25) is 0 Å². The monoisotopic (exact) mass is 262 g/mol. The highest BCUT2D eigenvalue weighted by Gasteiger charge is 2.00. The van der Waals surface area contributed by atoms with E-state index in [2.05, 4.69) is 0 Å². The molecule has 1 aromatic carbocycles. The van der Waals surface area contributed by atoms with Crippen molar-refractivity contribution in [2.24, 2.45) is 0 Å². The smallest absolute Gasteiger partial charge is 0.372 e. The number of hydrogen-bond acceptors (Lipinski definition) is 2. The summed E-state index contributed by atoms with van der Waals surface area (Å²) < 4.78 is 4.58. The van der Waals surface area contributed by atoms with Gasteiger partial charge in [-0.15, -0.1) is 0 Å². The van der Waals surface area contributed by atoms with Gasteiger partial charge in [0.1, 0.15) is 5.75 Å². The minimum absolute atomic E-state index is 0.308. The molecule has 2 nitrogen and oxygen atoms in total. The van der Waals surface area contributed by atoms with E-state index >= 15 is 0 Å². The maximum atomic E-state index is 10.5. The van der Waals surface area contributed by atoms with E-state index in [1.807, 2.05) is 25.1 Å². The quantitative estimate of drug-likeness (QED) is 0.574. The Morgan fingerprint density at radius 2 is 2.09 bits per heavy atom. The summed E-state index contributed by atoms with van der Waals surface area (Å²) in [6.07, 6.45) is 0. The molecule has 0 heterocycles. The van der Waals surface area contributed by atoms with E-state index in [-0.39, 0.29) is 3.98 Å². The highest BCUT2D eigenvalue weighted by Crippen LogP contribution is 2.17. The van der Waals surface area contributed by atoms with Gasteiger partial charge in [-0.2, -0.15) is 0 Å². The number of hydrogen-bond donors (Lipinski definition) is 0. The van der Waals surface area contributed by atoms with Gasteiger partial charge in [-0.3, -0.25) is 0 Å². The molecule has 1 aromatic rings. The first kappa shape index (κ1) is 8.52. The molecule has 0 saturated heterocycles. The van der Waals surface area contributed by atoms with Crippen LogP contribution in [0.4, 0.5) is 4.79 Å². The lowest BCUT2D eigenvalue weighted by molar-refractivity contribution is 0.230. The number of ether oxygens (including phenoxy) is 1. The minimum Gasteiger partial charge on any atom is -0.419 e. The number of benzene rings is 1. The van der Waals surface area contributed by atoms with Crippen LogP contribution in [0.1, 0.15) is 5.56 Å². The van der Waals surface area contributed by atoms with E-state index in [0.717, 1.165) is 5.56 Å². The molecule has 0 amide bonds. The second kappa shape index (κ2) is 3.71. The number of rotatable bonds is 1. The van der Waals surface area contributed by atoms with Gasteiger partial charge in [-0.1, -0.05) is 18.2 Å². The summed E-state index contributed by atoms with van der Waals surface area (Å²) in [5.41, 5.74) is 0.970. The Bertz CT molecular complexity index is 271. The van der Waals surface area contributed by atoms with Crippen LogP contribution >= 0.6 is 22.6 Å². The van der Waals surface area contributed by atoms with Crippen LogP contribution in [0, 0.1) is 6.92 Å². The van der Waals surface area contributed by atoms with E-state index in [4.69, 9.17) is 4.74 Å². The molecule has 1 rings (SSSR count). The van der Waals surface area contributed by atoms with Crippen molar-refractivity contribution in [2.75, 3.05) is 0 Å². The minimum atomic E-state index is -0.308. The number of carbonyl (C=O) groups excluding carboxylic acids is 1. The van der Waals surface area contributed by atoms with E-state index in [1.165, 1.54) is 0 Å². The summed E-state index contributed by atoms with van der Waals surface area (Å²) in [5.74, 6) is 0.631. The zero-order chi connectivity index (χ0) is 8.27. The highest BCUT2D eigenvalue weighted by atomic mass is 127. The lowest BCUT2D eigenvalue weighted by atomic mass is 10.2. The van der Waals surface area contributed by atoms with Crippen molar-refractivity contribution in [3.05, 3.63) is 29.8 Å². The number of halogens is 1. The van der Waals surface area contributed by atoms with Crippen molar-refractivity contribution >= 4 is 26.6 Å². The maximum Gasteiger partial charge on any atom is 0.372 e. The Labute approximate surface area is 78.7 Å². The fourth-order valence-electron chi connectivity index (χ4n) is 0.757. The van der Waals surface area contributed by atoms with Crippen molar-refractivity contribution in [3.63, 3.8) is 0 Å². The number of aryl methyl sites for hydroxylation is 1. The molecule has 0 N–H and O–H groups in total. The predicted octanol–water partition coefficient (Wildman–Crippen LogP) is 2.93. The second-order valence-electron chi connectivity index (χ2n) is 2.11. The van der Waals surface area contributed by atoms with E-state index in [9.17, 15) is 4.79 Å². The van der Waals surface area contributed by atoms with Gasteiger partial charge in [0.25, 0.3) is 0 Å². The molecule has 11 heavy (non-hydrogen) atoms. The van der Waals surface area contributed by atoms with Crippen molar-refractivity contribution in [1.82, 2.24) is 0 Å². The Balaban J connectivity index is 2.86. The van der Waals surface area contributed by atoms with Gasteiger partial charge >= 0.3 is 3.98 Å². The van der Waals surface area contributed by atoms with Gasteiger partial charge in [0.15, 0.2) is 0 Å². The first-order chi connectivity index (χ1) is 5.20. The van der Waals surface area contributed by atoms with E-state index in [1.54, 1.807) is 28.7 Å². The first-order valence-corrected chi connectivity index (χ1v) is 4.21. The summed E-state index contributed by atoms with van der Waals surface area (Å²) in [4.78, 5) is 10.5. The Kier molecular flexibility index (Phi) is 2.87. The Hall–Kier alpha value is -0.580. The Morgan fingerprint density at radius 1 is 1.45 bits per heavy atom. The number of carbonyl (C=O) groups is 1. The molecule has 0 unspecified atom stereocenters. The molecule has 58 valence electrons. The molecule has 0 radical (unpaired) electrons. The lowest BCUT2D eigenvalue weighted by Crippen LogP contribution is -1.96. The molecule has 0 atom stereocenters. The van der Waals surface area contributed by atoms with Gasteiger partial charge in [-0.25, -0.2) is 4.79 Å². The molecule has 0 spiro atoms. The summed E-state index contributed by atoms with van der Waals surface area (Å²) in [6, 6.07) is 7.41. The van der Waals surface area contributed by atoms with Crippen molar-refractivity contribution in [3.8, 4) is 5.75 Å². The topological polar surface area (TPSA) is 26.3 Å². The first-order valence-electron chi connectivity index (χ1n) is 3.13. The third-order valence-corrected chi connectivity index (χ3v) is 1.50. The van der Waals surface area contributed by atoms with Gasteiger partial charge in [0, 0.05) is 0 Å². The van der Waals surface area contributed by atoms with Crippen LogP contribution in [-0.4, -0.2) is 3.98 Å². The van der Waals surface area contributed by atoms with Crippen LogP contribution in [0.5, 0.6) is 5.75 Å². The molecule has 0 fully saturated rings. The fraction of sp³-hybridized carbons (Fsp3) is 0.125. The summed E-state index contributed by atoms with van der Waals surface area (Å²) >= 11 is 1.60. The second-order valence-corrected chi connectivity index (χ2v) is 2.99. The molecule has 0 aliphatic rings. The van der Waals surface area contributed by atoms with Crippen molar-refractivity contribution in [2.45, 2.75) is 6.92 Å². The molecule has 0 saturated carbocycles. The zero-order valence-corrected chi connectivity index (χ0v) is 8.16. The van der Waals surface area contributed by atoms with Crippen LogP contribution < -0.4 is 4.74 Å². The molecule has 0 aliphatic carbocycles. The summed E-state index contributed by atoms with van der Waals surface area (Å²) in [6.45, 7) is 1.90. The molecule has 0 aromatic heterocycles. The third kappa shape index (κ3) is 2.49. The van der Waals surface area contributed by atoms with Gasteiger partial charge in [0.2, 0.25) is 0 Å². The fourth-order valence-corrected chi connectivity index (χ4v) is 0.995. The standard InChI is InChI=1S/C8H7IO2/c1-6-4-2-3-5-7(6)11-8(9)10/h2-5H,1H3. The number of para-hydroxylation sites is 1. The molecular weight excluding hydrogens is 255 g/mol. The largest absolute Gasteiger partial charge is 0.419 e. The van der Waals surface area contributed by atoms with Gasteiger partial charge in [-0.05, 0) is 18.6 Å². The van der Waals surface area contributed by atoms with Crippen molar-refractivity contribution < 1.29 is 9.53 Å². The SMILES string of the molecule is Cc1ccccc1OC(=O)I. The van der Waals surface area contributed by atoms with Crippen LogP contribution in [0.3, 0.4) is 0 Å². The summed E-state index contributed by atoms with van der Waals surface area (Å²) in [7, 11) is 0. The predicted molar refractivity (Wildman–Crippen MR) is 51.2 cm³/mol. The molecular formula is C8H7IO2. The van der Waals surface area contributed by atoms with Gasteiger partial charge in [0.05, 0.1) is 22.6 Å². The third-order valence-electron chi connectivity index (χ3n) is 1.28. The zero-order valence-electron chi connectivity index (χ0n) is 6.00. The van der Waals surface area contributed by atoms with Crippen LogP contribution in [0.15, 0.2) is 24.3 Å². The Morgan fingerprint density at radius 3 is 2.64 bits per heavy atom. The van der Waals surface area contributed by atoms with E-state index in [0.29, 0.717) is 5.75 Å².